The molecule has 0 radical (unpaired) electrons. The number of methoxy groups -OCH3 is 1. The molecule has 1 aliphatic heterocycles. The highest BCUT2D eigenvalue weighted by Crippen LogP contribution is 2.31. The lowest BCUT2D eigenvalue weighted by atomic mass is 10.1. The zero-order chi connectivity index (χ0) is 29.2. The number of nitro benzene ring substituents is 1. The van der Waals surface area contributed by atoms with E-state index in [4.69, 9.17) is 21.3 Å². The molecule has 3 aromatic carbocycles. The Morgan fingerprint density at radius 1 is 0.929 bits per heavy atom. The van der Waals surface area contributed by atoms with Gasteiger partial charge >= 0.3 is 0 Å². The summed E-state index contributed by atoms with van der Waals surface area (Å²) < 4.78 is 7.42. The van der Waals surface area contributed by atoms with Crippen molar-refractivity contribution in [3.63, 3.8) is 0 Å². The number of carbonyl (C=O) groups excluding carboxylic acids is 1. The zero-order valence-electron chi connectivity index (χ0n) is 22.9. The molecule has 2 aromatic heterocycles. The Balaban J connectivity index is 1.32. The van der Waals surface area contributed by atoms with Crippen molar-refractivity contribution in [1.82, 2.24) is 19.2 Å². The van der Waals surface area contributed by atoms with Gasteiger partial charge in [-0.25, -0.2) is 4.98 Å². The van der Waals surface area contributed by atoms with Gasteiger partial charge in [0.2, 0.25) is 0 Å². The fraction of sp³-hybridized carbons (Fsp3) is 0.188. The van der Waals surface area contributed by atoms with Crippen LogP contribution in [0.4, 0.5) is 5.69 Å². The van der Waals surface area contributed by atoms with Gasteiger partial charge in [0.25, 0.3) is 11.6 Å². The first-order valence-corrected chi connectivity index (χ1v) is 14.0. The highest BCUT2D eigenvalue weighted by atomic mass is 35.5. The van der Waals surface area contributed by atoms with E-state index in [1.54, 1.807) is 31.4 Å². The standard InChI is InChI=1S/C32H28ClN5O4/c1-42-26-12-9-22(10-13-26)31-29(21-35-15-17-36(18-16-35)32(39)27-7-2-3-8-28(27)33)37-20-24(11-14-30(37)34-31)23-5-4-6-25(19-23)38(40)41/h2-14,19-20H,15-18,21H2,1H3. The molecule has 10 heteroatoms. The summed E-state index contributed by atoms with van der Waals surface area (Å²) in [6, 6.07) is 25.4. The number of fused-ring (bicyclic) bond motifs is 1. The lowest BCUT2D eigenvalue weighted by molar-refractivity contribution is -0.384. The van der Waals surface area contributed by atoms with Gasteiger partial charge < -0.3 is 14.0 Å². The Kier molecular flexibility index (Phi) is 7.60. The van der Waals surface area contributed by atoms with Crippen molar-refractivity contribution in [3.05, 3.63) is 118 Å². The van der Waals surface area contributed by atoms with E-state index in [2.05, 4.69) is 9.30 Å². The molecule has 1 fully saturated rings. The Morgan fingerprint density at radius 2 is 1.67 bits per heavy atom. The number of amides is 1. The third-order valence-electron chi connectivity index (χ3n) is 7.61. The molecule has 0 spiro atoms. The second kappa shape index (κ2) is 11.6. The Morgan fingerprint density at radius 3 is 2.38 bits per heavy atom. The minimum atomic E-state index is -0.386. The molecule has 9 nitrogen and oxygen atoms in total. The van der Waals surface area contributed by atoms with Crippen molar-refractivity contribution in [2.45, 2.75) is 6.54 Å². The van der Waals surface area contributed by atoms with Crippen LogP contribution in [0.5, 0.6) is 5.75 Å². The monoisotopic (exact) mass is 581 g/mol. The number of ether oxygens (including phenoxy) is 1. The van der Waals surface area contributed by atoms with Crippen LogP contribution in [0.15, 0.2) is 91.1 Å². The third-order valence-corrected chi connectivity index (χ3v) is 7.94. The van der Waals surface area contributed by atoms with Gasteiger partial charge in [0, 0.05) is 56.6 Å². The van der Waals surface area contributed by atoms with Crippen LogP contribution in [-0.2, 0) is 6.54 Å². The maximum atomic E-state index is 13.1. The van der Waals surface area contributed by atoms with E-state index in [1.807, 2.05) is 65.7 Å². The highest BCUT2D eigenvalue weighted by molar-refractivity contribution is 6.33. The lowest BCUT2D eigenvalue weighted by Gasteiger charge is -2.35. The van der Waals surface area contributed by atoms with Crippen LogP contribution in [-0.4, -0.2) is 63.3 Å². The first-order valence-electron chi connectivity index (χ1n) is 13.6. The van der Waals surface area contributed by atoms with Gasteiger partial charge in [-0.15, -0.1) is 0 Å². The van der Waals surface area contributed by atoms with Crippen LogP contribution >= 0.6 is 11.6 Å². The summed E-state index contributed by atoms with van der Waals surface area (Å²) in [4.78, 5) is 33.2. The molecular weight excluding hydrogens is 554 g/mol. The number of piperazine rings is 1. The van der Waals surface area contributed by atoms with Crippen molar-refractivity contribution in [2.75, 3.05) is 33.3 Å². The number of rotatable bonds is 7. The molecule has 6 rings (SSSR count). The van der Waals surface area contributed by atoms with Crippen LogP contribution in [0.2, 0.25) is 5.02 Å². The van der Waals surface area contributed by atoms with Gasteiger partial charge in [0.05, 0.1) is 34.0 Å². The Labute approximate surface area is 247 Å². The average molecular weight is 582 g/mol. The average Bonchev–Trinajstić information content (AvgIpc) is 3.38. The maximum Gasteiger partial charge on any atom is 0.270 e. The summed E-state index contributed by atoms with van der Waals surface area (Å²) >= 11 is 6.28. The van der Waals surface area contributed by atoms with E-state index < -0.39 is 0 Å². The van der Waals surface area contributed by atoms with Crippen LogP contribution < -0.4 is 4.74 Å². The van der Waals surface area contributed by atoms with Crippen molar-refractivity contribution < 1.29 is 14.5 Å². The number of nitro groups is 1. The fourth-order valence-electron chi connectivity index (χ4n) is 5.32. The van der Waals surface area contributed by atoms with Gasteiger partial charge in [-0.05, 0) is 59.7 Å². The Bertz CT molecular complexity index is 1780. The van der Waals surface area contributed by atoms with E-state index in [1.165, 1.54) is 6.07 Å². The second-order valence-corrected chi connectivity index (χ2v) is 10.5. The molecule has 212 valence electrons. The third kappa shape index (κ3) is 5.44. The lowest BCUT2D eigenvalue weighted by Crippen LogP contribution is -2.48. The number of nitrogens with zero attached hydrogens (tertiary/aromatic N) is 5. The number of pyridine rings is 1. The predicted molar refractivity (Wildman–Crippen MR) is 162 cm³/mol. The van der Waals surface area contributed by atoms with Gasteiger partial charge in [0.1, 0.15) is 11.4 Å². The zero-order valence-corrected chi connectivity index (χ0v) is 23.7. The van der Waals surface area contributed by atoms with Gasteiger partial charge in [-0.2, -0.15) is 0 Å². The smallest absolute Gasteiger partial charge is 0.270 e. The Hall–Kier alpha value is -4.73. The predicted octanol–water partition coefficient (Wildman–Crippen LogP) is 6.20. The van der Waals surface area contributed by atoms with E-state index >= 15 is 0 Å². The molecule has 0 atom stereocenters. The minimum absolute atomic E-state index is 0.0431. The summed E-state index contributed by atoms with van der Waals surface area (Å²) in [7, 11) is 1.64. The van der Waals surface area contributed by atoms with E-state index in [9.17, 15) is 14.9 Å². The summed E-state index contributed by atoms with van der Waals surface area (Å²) in [6.45, 7) is 3.15. The number of imidazole rings is 1. The number of aromatic nitrogens is 2. The molecule has 0 aliphatic carbocycles. The molecule has 1 amide bonds. The van der Waals surface area contributed by atoms with Gasteiger partial charge in [0.15, 0.2) is 0 Å². The van der Waals surface area contributed by atoms with Crippen molar-refractivity contribution in [3.8, 4) is 28.1 Å². The van der Waals surface area contributed by atoms with E-state index in [0.29, 0.717) is 43.3 Å². The second-order valence-electron chi connectivity index (χ2n) is 10.1. The number of halogens is 1. The van der Waals surface area contributed by atoms with Crippen molar-refractivity contribution in [1.29, 1.82) is 0 Å². The largest absolute Gasteiger partial charge is 0.497 e. The highest BCUT2D eigenvalue weighted by Gasteiger charge is 2.25. The summed E-state index contributed by atoms with van der Waals surface area (Å²) in [5.41, 5.74) is 5.74. The van der Waals surface area contributed by atoms with Gasteiger partial charge in [-0.3, -0.25) is 19.8 Å². The SMILES string of the molecule is COc1ccc(-c2nc3ccc(-c4cccc([N+](=O)[O-])c4)cn3c2CN2CCN(C(=O)c3ccccc3Cl)CC2)cc1. The molecule has 5 aromatic rings. The number of hydrogen-bond donors (Lipinski definition) is 0. The number of carbonyl (C=O) groups is 1. The summed E-state index contributed by atoms with van der Waals surface area (Å²) in [6.07, 6.45) is 1.99. The van der Waals surface area contributed by atoms with Crippen LogP contribution in [0.25, 0.3) is 28.0 Å². The first-order chi connectivity index (χ1) is 20.4. The summed E-state index contributed by atoms with van der Waals surface area (Å²) in [5.74, 6) is 0.701. The number of hydrogen-bond acceptors (Lipinski definition) is 6. The molecule has 0 N–H and O–H groups in total. The van der Waals surface area contributed by atoms with Crippen molar-refractivity contribution >= 4 is 28.8 Å². The summed E-state index contributed by atoms with van der Waals surface area (Å²) in [5, 5.41) is 11.8. The number of non-ortho nitro benzene ring substituents is 1. The molecule has 42 heavy (non-hydrogen) atoms. The normalized spacial score (nSPS) is 13.8. The van der Waals surface area contributed by atoms with Crippen LogP contribution in [0, 0.1) is 10.1 Å². The van der Waals surface area contributed by atoms with Crippen molar-refractivity contribution in [2.24, 2.45) is 0 Å². The minimum Gasteiger partial charge on any atom is -0.497 e. The molecule has 0 bridgehead atoms. The molecule has 3 heterocycles. The van der Waals surface area contributed by atoms with E-state index in [-0.39, 0.29) is 16.5 Å². The van der Waals surface area contributed by atoms with Gasteiger partial charge in [-0.1, -0.05) is 35.9 Å². The molecule has 1 saturated heterocycles. The maximum absolute atomic E-state index is 13.1. The molecule has 0 saturated carbocycles. The van der Waals surface area contributed by atoms with Crippen LogP contribution in [0.3, 0.4) is 0 Å². The van der Waals surface area contributed by atoms with E-state index in [0.717, 1.165) is 39.5 Å². The molecule has 1 aliphatic rings. The topological polar surface area (TPSA) is 93.2 Å². The quantitative estimate of drug-likeness (QED) is 0.168. The van der Waals surface area contributed by atoms with Crippen LogP contribution in [0.1, 0.15) is 16.1 Å². The number of benzene rings is 3. The fourth-order valence-corrected chi connectivity index (χ4v) is 5.54. The first kappa shape index (κ1) is 27.4. The molecular formula is C32H28ClN5O4. The molecule has 0 unspecified atom stereocenters.